The molecule has 8 heteroatoms. The molecule has 7 nitrogen and oxygen atoms in total. The van der Waals surface area contributed by atoms with Crippen molar-refractivity contribution in [2.45, 2.75) is 32.6 Å². The summed E-state index contributed by atoms with van der Waals surface area (Å²) in [6.45, 7) is 4.92. The molecule has 3 heterocycles. The first-order valence-electron chi connectivity index (χ1n) is 7.67. The SMILES string of the molecule is Cc1nn2cc(CCNC(=O)CCN3CCCCO3)nc2s1. The Kier molecular flexibility index (Phi) is 5.01. The number of imidazole rings is 1. The fraction of sp³-hybridized carbons (Fsp3) is 0.643. The third-order valence-electron chi connectivity index (χ3n) is 3.56. The third kappa shape index (κ3) is 4.02. The zero-order valence-electron chi connectivity index (χ0n) is 12.7. The van der Waals surface area contributed by atoms with Crippen LogP contribution in [0.15, 0.2) is 6.20 Å². The average Bonchev–Trinajstić information content (AvgIpc) is 3.03. The van der Waals surface area contributed by atoms with Gasteiger partial charge in [0.15, 0.2) is 0 Å². The highest BCUT2D eigenvalue weighted by Crippen LogP contribution is 2.13. The minimum Gasteiger partial charge on any atom is -0.356 e. The summed E-state index contributed by atoms with van der Waals surface area (Å²) in [6.07, 6.45) is 5.37. The minimum atomic E-state index is 0.0594. The number of fused-ring (bicyclic) bond motifs is 1. The van der Waals surface area contributed by atoms with Gasteiger partial charge in [0.05, 0.1) is 18.5 Å². The third-order valence-corrected chi connectivity index (χ3v) is 4.40. The number of aromatic nitrogens is 3. The molecule has 120 valence electrons. The van der Waals surface area contributed by atoms with E-state index in [2.05, 4.69) is 15.4 Å². The highest BCUT2D eigenvalue weighted by atomic mass is 32.1. The second-order valence-corrected chi connectivity index (χ2v) is 6.56. The van der Waals surface area contributed by atoms with Crippen molar-refractivity contribution in [3.63, 3.8) is 0 Å². The van der Waals surface area contributed by atoms with E-state index in [4.69, 9.17) is 4.84 Å². The van der Waals surface area contributed by atoms with Crippen molar-refractivity contribution in [2.75, 3.05) is 26.2 Å². The van der Waals surface area contributed by atoms with Crippen molar-refractivity contribution < 1.29 is 9.63 Å². The second-order valence-electron chi connectivity index (χ2n) is 5.40. The lowest BCUT2D eigenvalue weighted by atomic mass is 10.3. The Hall–Kier alpha value is -1.51. The smallest absolute Gasteiger partial charge is 0.221 e. The van der Waals surface area contributed by atoms with Crippen molar-refractivity contribution in [1.82, 2.24) is 25.0 Å². The highest BCUT2D eigenvalue weighted by Gasteiger charge is 2.12. The number of amides is 1. The van der Waals surface area contributed by atoms with Crippen molar-refractivity contribution in [3.05, 3.63) is 16.9 Å². The summed E-state index contributed by atoms with van der Waals surface area (Å²) in [4.78, 5) is 22.7. The molecule has 3 rings (SSSR count). The Bertz CT molecular complexity index is 601. The monoisotopic (exact) mass is 323 g/mol. The molecule has 0 aliphatic carbocycles. The number of carbonyl (C=O) groups excluding carboxylic acids is 1. The van der Waals surface area contributed by atoms with Gasteiger partial charge in [0.25, 0.3) is 0 Å². The molecule has 0 unspecified atom stereocenters. The zero-order chi connectivity index (χ0) is 15.4. The van der Waals surface area contributed by atoms with Crippen LogP contribution >= 0.6 is 11.3 Å². The van der Waals surface area contributed by atoms with Crippen molar-refractivity contribution in [2.24, 2.45) is 0 Å². The first kappa shape index (κ1) is 15.4. The molecular formula is C14H21N5O2S. The van der Waals surface area contributed by atoms with Gasteiger partial charge in [-0.05, 0) is 19.8 Å². The standard InChI is InChI=1S/C14H21N5O2S/c1-11-17-19-10-12(16-14(19)22-11)4-6-15-13(20)5-8-18-7-2-3-9-21-18/h10H,2-9H2,1H3,(H,15,20). The van der Waals surface area contributed by atoms with Crippen LogP contribution in [0.4, 0.5) is 0 Å². The van der Waals surface area contributed by atoms with E-state index in [9.17, 15) is 4.79 Å². The quantitative estimate of drug-likeness (QED) is 0.864. The molecule has 1 aliphatic heterocycles. The molecule has 0 aromatic carbocycles. The van der Waals surface area contributed by atoms with E-state index in [0.29, 0.717) is 19.5 Å². The first-order valence-corrected chi connectivity index (χ1v) is 8.48. The number of nitrogens with one attached hydrogen (secondary N) is 1. The number of hydroxylamine groups is 2. The molecular weight excluding hydrogens is 302 g/mol. The van der Waals surface area contributed by atoms with E-state index in [0.717, 1.165) is 48.1 Å². The van der Waals surface area contributed by atoms with Crippen LogP contribution in [0.2, 0.25) is 0 Å². The molecule has 0 radical (unpaired) electrons. The van der Waals surface area contributed by atoms with Gasteiger partial charge in [0.2, 0.25) is 10.9 Å². The lowest BCUT2D eigenvalue weighted by Crippen LogP contribution is -2.34. The van der Waals surface area contributed by atoms with E-state index in [-0.39, 0.29) is 5.91 Å². The van der Waals surface area contributed by atoms with Gasteiger partial charge in [-0.25, -0.2) is 9.50 Å². The first-order chi connectivity index (χ1) is 10.7. The van der Waals surface area contributed by atoms with E-state index < -0.39 is 0 Å². The van der Waals surface area contributed by atoms with Gasteiger partial charge in [-0.1, -0.05) is 11.3 Å². The van der Waals surface area contributed by atoms with Crippen LogP contribution in [0.3, 0.4) is 0 Å². The predicted octanol–water partition coefficient (Wildman–Crippen LogP) is 1.18. The van der Waals surface area contributed by atoms with Crippen molar-refractivity contribution in [3.8, 4) is 0 Å². The van der Waals surface area contributed by atoms with Crippen LogP contribution in [0, 0.1) is 6.92 Å². The van der Waals surface area contributed by atoms with Crippen LogP contribution < -0.4 is 5.32 Å². The summed E-state index contributed by atoms with van der Waals surface area (Å²) in [5.41, 5.74) is 0.957. The molecule has 0 atom stereocenters. The van der Waals surface area contributed by atoms with Gasteiger partial charge < -0.3 is 5.32 Å². The molecule has 0 spiro atoms. The van der Waals surface area contributed by atoms with Gasteiger partial charge >= 0.3 is 0 Å². The van der Waals surface area contributed by atoms with Gasteiger partial charge in [0, 0.05) is 32.5 Å². The molecule has 0 saturated carbocycles. The van der Waals surface area contributed by atoms with Crippen LogP contribution in [-0.4, -0.2) is 51.8 Å². The molecule has 2 aromatic rings. The molecule has 1 amide bonds. The molecule has 2 aromatic heterocycles. The normalized spacial score (nSPS) is 16.2. The van der Waals surface area contributed by atoms with Gasteiger partial charge in [-0.3, -0.25) is 9.63 Å². The average molecular weight is 323 g/mol. The largest absolute Gasteiger partial charge is 0.356 e. The Balaban J connectivity index is 1.36. The summed E-state index contributed by atoms with van der Waals surface area (Å²) in [5.74, 6) is 0.0594. The molecule has 1 aliphatic rings. The van der Waals surface area contributed by atoms with Crippen LogP contribution in [-0.2, 0) is 16.1 Å². The topological polar surface area (TPSA) is 71.8 Å². The van der Waals surface area contributed by atoms with Gasteiger partial charge in [0.1, 0.15) is 5.01 Å². The maximum Gasteiger partial charge on any atom is 0.221 e. The van der Waals surface area contributed by atoms with Crippen LogP contribution in [0.5, 0.6) is 0 Å². The molecule has 1 fully saturated rings. The molecule has 1 saturated heterocycles. The summed E-state index contributed by atoms with van der Waals surface area (Å²) in [6, 6.07) is 0. The highest BCUT2D eigenvalue weighted by molar-refractivity contribution is 7.16. The van der Waals surface area contributed by atoms with E-state index in [1.54, 1.807) is 15.9 Å². The van der Waals surface area contributed by atoms with Crippen LogP contribution in [0.25, 0.3) is 4.96 Å². The number of nitrogens with zero attached hydrogens (tertiary/aromatic N) is 4. The van der Waals surface area contributed by atoms with E-state index in [1.165, 1.54) is 0 Å². The number of hydrogen-bond donors (Lipinski definition) is 1. The zero-order valence-corrected chi connectivity index (χ0v) is 13.6. The number of rotatable bonds is 6. The molecule has 0 bridgehead atoms. The van der Waals surface area contributed by atoms with E-state index >= 15 is 0 Å². The number of carbonyl (C=O) groups is 1. The van der Waals surface area contributed by atoms with Gasteiger partial charge in [-0.2, -0.15) is 10.2 Å². The maximum absolute atomic E-state index is 11.8. The Morgan fingerprint density at radius 3 is 3.18 bits per heavy atom. The van der Waals surface area contributed by atoms with Crippen molar-refractivity contribution in [1.29, 1.82) is 0 Å². The molecule has 1 N–H and O–H groups in total. The summed E-state index contributed by atoms with van der Waals surface area (Å²) in [5, 5.41) is 10.1. The molecule has 22 heavy (non-hydrogen) atoms. The lowest BCUT2D eigenvalue weighted by Gasteiger charge is -2.25. The summed E-state index contributed by atoms with van der Waals surface area (Å²) < 4.78 is 1.80. The summed E-state index contributed by atoms with van der Waals surface area (Å²) >= 11 is 1.57. The Morgan fingerprint density at radius 2 is 2.41 bits per heavy atom. The Morgan fingerprint density at radius 1 is 1.50 bits per heavy atom. The minimum absolute atomic E-state index is 0.0594. The number of hydrogen-bond acceptors (Lipinski definition) is 6. The van der Waals surface area contributed by atoms with Gasteiger partial charge in [-0.15, -0.1) is 0 Å². The fourth-order valence-electron chi connectivity index (χ4n) is 2.43. The Labute approximate surface area is 133 Å². The number of aryl methyl sites for hydroxylation is 1. The lowest BCUT2D eigenvalue weighted by molar-refractivity contribution is -0.181. The van der Waals surface area contributed by atoms with Crippen molar-refractivity contribution >= 4 is 22.2 Å². The summed E-state index contributed by atoms with van der Waals surface area (Å²) in [7, 11) is 0. The second kappa shape index (κ2) is 7.17. The fourth-order valence-corrected chi connectivity index (χ4v) is 3.18. The maximum atomic E-state index is 11.8. The van der Waals surface area contributed by atoms with E-state index in [1.807, 2.05) is 18.2 Å². The predicted molar refractivity (Wildman–Crippen MR) is 83.7 cm³/mol. The van der Waals surface area contributed by atoms with Crippen LogP contribution in [0.1, 0.15) is 30.0 Å².